The van der Waals surface area contributed by atoms with Crippen LogP contribution >= 0.6 is 0 Å². The van der Waals surface area contributed by atoms with E-state index in [1.165, 1.54) is 128 Å². The number of esters is 3. The van der Waals surface area contributed by atoms with E-state index in [0.717, 1.165) is 122 Å². The Kier molecular flexibility index (Phi) is 56.3. The molecule has 6 nitrogen and oxygen atoms in total. The van der Waals surface area contributed by atoms with Crippen molar-refractivity contribution in [2.75, 3.05) is 13.2 Å². The quantitative estimate of drug-likeness (QED) is 0.0261. The largest absolute Gasteiger partial charge is 0.462 e. The van der Waals surface area contributed by atoms with Gasteiger partial charge in [0.05, 0.1) is 0 Å². The van der Waals surface area contributed by atoms with Gasteiger partial charge in [0, 0.05) is 19.3 Å². The highest BCUT2D eigenvalue weighted by Gasteiger charge is 2.19. The van der Waals surface area contributed by atoms with Crippen LogP contribution in [0.3, 0.4) is 0 Å². The first-order chi connectivity index (χ1) is 35.0. The first kappa shape index (κ1) is 67.6. The fourth-order valence-electron chi connectivity index (χ4n) is 8.25. The summed E-state index contributed by atoms with van der Waals surface area (Å²) in [5, 5.41) is 0. The maximum atomic E-state index is 12.8. The van der Waals surface area contributed by atoms with E-state index in [4.69, 9.17) is 14.2 Å². The van der Waals surface area contributed by atoms with Crippen LogP contribution in [-0.2, 0) is 28.6 Å². The van der Waals surface area contributed by atoms with Crippen molar-refractivity contribution in [3.63, 3.8) is 0 Å². The Hall–Kier alpha value is -3.41. The lowest BCUT2D eigenvalue weighted by Gasteiger charge is -2.18. The summed E-state index contributed by atoms with van der Waals surface area (Å²) in [5.74, 6) is -0.915. The Bertz CT molecular complexity index is 1370. The molecule has 1 unspecified atom stereocenters. The summed E-state index contributed by atoms with van der Waals surface area (Å²) in [6.07, 6.45) is 77.2. The summed E-state index contributed by atoms with van der Waals surface area (Å²) in [5.41, 5.74) is 0. The van der Waals surface area contributed by atoms with Crippen molar-refractivity contribution >= 4 is 17.9 Å². The van der Waals surface area contributed by atoms with Crippen molar-refractivity contribution in [1.29, 1.82) is 0 Å². The average Bonchev–Trinajstić information content (AvgIpc) is 3.37. The molecule has 71 heavy (non-hydrogen) atoms. The number of allylic oxidation sites excluding steroid dienone is 14. The van der Waals surface area contributed by atoms with E-state index in [-0.39, 0.29) is 31.1 Å². The number of carbonyl (C=O) groups is 3. The van der Waals surface area contributed by atoms with Crippen molar-refractivity contribution in [3.05, 3.63) is 85.1 Å². The molecule has 0 amide bonds. The number of hydrogen-bond acceptors (Lipinski definition) is 6. The molecule has 0 spiro atoms. The third kappa shape index (κ3) is 57.4. The Morgan fingerprint density at radius 3 is 0.831 bits per heavy atom. The molecule has 0 saturated heterocycles. The van der Waals surface area contributed by atoms with E-state index in [2.05, 4.69) is 106 Å². The number of unbranched alkanes of at least 4 members (excludes halogenated alkanes) is 29. The Balaban J connectivity index is 4.32. The van der Waals surface area contributed by atoms with E-state index in [1.54, 1.807) is 0 Å². The Morgan fingerprint density at radius 1 is 0.282 bits per heavy atom. The van der Waals surface area contributed by atoms with E-state index in [1.807, 2.05) is 0 Å². The van der Waals surface area contributed by atoms with Crippen LogP contribution in [0.5, 0.6) is 0 Å². The molecular weight excluding hydrogens is 877 g/mol. The summed E-state index contributed by atoms with van der Waals surface area (Å²) >= 11 is 0. The molecule has 408 valence electrons. The molecule has 0 N–H and O–H groups in total. The van der Waals surface area contributed by atoms with Gasteiger partial charge in [-0.1, -0.05) is 247 Å². The minimum absolute atomic E-state index is 0.0887. The lowest BCUT2D eigenvalue weighted by molar-refractivity contribution is -0.167. The van der Waals surface area contributed by atoms with Gasteiger partial charge in [0.2, 0.25) is 0 Å². The van der Waals surface area contributed by atoms with Crippen molar-refractivity contribution in [2.24, 2.45) is 0 Å². The average molecular weight is 990 g/mol. The SMILES string of the molecule is CCCC/C=C\C/C=C\CCCCCCCC(=O)OCC(COC(=O)CCCCCCCCCCCC/C=C\C/C=C\C/C=C\CCCCCCC)OC(=O)CCCCCCC/C=C\C/C=C\CCCC. The number of ether oxygens (including phenoxy) is 3. The number of rotatable bonds is 54. The highest BCUT2D eigenvalue weighted by molar-refractivity contribution is 5.71. The summed E-state index contributed by atoms with van der Waals surface area (Å²) in [6.45, 7) is 6.53. The van der Waals surface area contributed by atoms with Gasteiger partial charge in [-0.3, -0.25) is 14.4 Å². The van der Waals surface area contributed by atoms with Crippen molar-refractivity contribution < 1.29 is 28.6 Å². The zero-order chi connectivity index (χ0) is 51.4. The molecule has 0 fully saturated rings. The molecule has 0 aliphatic heterocycles. The van der Waals surface area contributed by atoms with Crippen molar-refractivity contribution in [3.8, 4) is 0 Å². The minimum atomic E-state index is -0.792. The molecule has 0 heterocycles. The molecule has 0 aromatic carbocycles. The predicted octanol–water partition coefficient (Wildman–Crippen LogP) is 20.3. The molecule has 0 aromatic heterocycles. The van der Waals surface area contributed by atoms with Crippen LogP contribution in [0.25, 0.3) is 0 Å². The van der Waals surface area contributed by atoms with Gasteiger partial charge in [-0.25, -0.2) is 0 Å². The topological polar surface area (TPSA) is 78.9 Å². The van der Waals surface area contributed by atoms with E-state index >= 15 is 0 Å². The van der Waals surface area contributed by atoms with Gasteiger partial charge >= 0.3 is 17.9 Å². The first-order valence-electron chi connectivity index (χ1n) is 30.1. The smallest absolute Gasteiger partial charge is 0.306 e. The monoisotopic (exact) mass is 989 g/mol. The lowest BCUT2D eigenvalue weighted by Crippen LogP contribution is -2.30. The van der Waals surface area contributed by atoms with Crippen LogP contribution < -0.4 is 0 Å². The van der Waals surface area contributed by atoms with Crippen LogP contribution in [0, 0.1) is 0 Å². The van der Waals surface area contributed by atoms with Crippen LogP contribution in [0.15, 0.2) is 85.1 Å². The van der Waals surface area contributed by atoms with Crippen LogP contribution in [0.2, 0.25) is 0 Å². The fourth-order valence-corrected chi connectivity index (χ4v) is 8.25. The molecule has 0 rings (SSSR count). The van der Waals surface area contributed by atoms with Gasteiger partial charge < -0.3 is 14.2 Å². The van der Waals surface area contributed by atoms with Gasteiger partial charge in [-0.05, 0) is 109 Å². The summed E-state index contributed by atoms with van der Waals surface area (Å²) in [4.78, 5) is 38.2. The third-order valence-electron chi connectivity index (χ3n) is 12.8. The molecule has 0 aliphatic rings. The molecule has 0 saturated carbocycles. The second kappa shape index (κ2) is 59.2. The third-order valence-corrected chi connectivity index (χ3v) is 12.8. The Labute approximate surface area is 439 Å². The molecule has 6 heteroatoms. The van der Waals surface area contributed by atoms with E-state index in [0.29, 0.717) is 19.3 Å². The standard InChI is InChI=1S/C65H112O6/c1-4-7-10-13-16-19-22-25-28-29-30-31-32-33-34-35-36-37-38-41-43-46-49-52-55-58-64(67)70-61-62(71-65(68)59-56-53-50-47-44-40-27-24-21-18-15-12-9-6-3)60-69-63(66)57-54-51-48-45-42-39-26-23-20-17-14-11-8-5-2/h14-15,17-18,22-27,29-30,32-33,62H,4-13,16,19-21,28,31,34-61H2,1-3H3/b17-14-,18-15-,25-22-,26-23-,27-24-,30-29-,33-32-. The molecule has 0 aliphatic carbocycles. The van der Waals surface area contributed by atoms with Crippen LogP contribution in [0.4, 0.5) is 0 Å². The zero-order valence-corrected chi connectivity index (χ0v) is 46.7. The van der Waals surface area contributed by atoms with Gasteiger partial charge in [0.15, 0.2) is 6.10 Å². The highest BCUT2D eigenvalue weighted by atomic mass is 16.6. The van der Waals surface area contributed by atoms with Gasteiger partial charge in [-0.15, -0.1) is 0 Å². The van der Waals surface area contributed by atoms with Crippen LogP contribution in [0.1, 0.15) is 290 Å². The normalized spacial score (nSPS) is 12.7. The molecule has 0 bridgehead atoms. The maximum Gasteiger partial charge on any atom is 0.306 e. The van der Waals surface area contributed by atoms with Gasteiger partial charge in [0.25, 0.3) is 0 Å². The van der Waals surface area contributed by atoms with E-state index in [9.17, 15) is 14.4 Å². The molecule has 1 atom stereocenters. The Morgan fingerprint density at radius 2 is 0.521 bits per heavy atom. The molecule has 0 radical (unpaired) electrons. The van der Waals surface area contributed by atoms with Crippen LogP contribution in [-0.4, -0.2) is 37.2 Å². The fraction of sp³-hybridized carbons (Fsp3) is 0.738. The summed E-state index contributed by atoms with van der Waals surface area (Å²) in [6, 6.07) is 0. The first-order valence-corrected chi connectivity index (χ1v) is 30.1. The molecule has 0 aromatic rings. The second-order valence-corrected chi connectivity index (χ2v) is 19.9. The summed E-state index contributed by atoms with van der Waals surface area (Å²) in [7, 11) is 0. The minimum Gasteiger partial charge on any atom is -0.462 e. The second-order valence-electron chi connectivity index (χ2n) is 19.9. The summed E-state index contributed by atoms with van der Waals surface area (Å²) < 4.78 is 16.9. The molecular formula is C65H112O6. The van der Waals surface area contributed by atoms with Gasteiger partial charge in [0.1, 0.15) is 13.2 Å². The highest BCUT2D eigenvalue weighted by Crippen LogP contribution is 2.15. The lowest BCUT2D eigenvalue weighted by atomic mass is 10.1. The maximum absolute atomic E-state index is 12.8. The van der Waals surface area contributed by atoms with Crippen molar-refractivity contribution in [2.45, 2.75) is 297 Å². The predicted molar refractivity (Wildman–Crippen MR) is 307 cm³/mol. The van der Waals surface area contributed by atoms with Crippen molar-refractivity contribution in [1.82, 2.24) is 0 Å². The zero-order valence-electron chi connectivity index (χ0n) is 46.7. The van der Waals surface area contributed by atoms with Gasteiger partial charge in [-0.2, -0.15) is 0 Å². The number of carbonyl (C=O) groups excluding carboxylic acids is 3. The number of hydrogen-bond donors (Lipinski definition) is 0. The van der Waals surface area contributed by atoms with E-state index < -0.39 is 6.10 Å².